The average Bonchev–Trinajstić information content (AvgIpc) is 2.33. The standard InChI is InChI=1S/C7H5NO3S/c1-3-5-4(2-12-3)6(9)11-7(10)8-5/h2H,1H3,(H,8,10). The number of fused-ring (bicyclic) bond motifs is 1. The molecule has 2 aromatic rings. The number of H-pyrrole nitrogens is 1. The highest BCUT2D eigenvalue weighted by Gasteiger charge is 2.05. The van der Waals surface area contributed by atoms with Crippen LogP contribution in [0.25, 0.3) is 10.9 Å². The van der Waals surface area contributed by atoms with Crippen LogP contribution in [0.1, 0.15) is 4.88 Å². The topological polar surface area (TPSA) is 63.1 Å². The van der Waals surface area contributed by atoms with Crippen molar-refractivity contribution < 1.29 is 4.42 Å². The van der Waals surface area contributed by atoms with Gasteiger partial charge in [0.2, 0.25) is 0 Å². The predicted octanol–water partition coefficient (Wildman–Crippen LogP) is 0.851. The molecule has 2 heterocycles. The third-order valence-electron chi connectivity index (χ3n) is 1.61. The molecule has 0 bridgehead atoms. The summed E-state index contributed by atoms with van der Waals surface area (Å²) in [5, 5.41) is 2.11. The zero-order valence-electron chi connectivity index (χ0n) is 6.21. The van der Waals surface area contributed by atoms with E-state index in [-0.39, 0.29) is 0 Å². The van der Waals surface area contributed by atoms with Crippen LogP contribution in [0.3, 0.4) is 0 Å². The second-order valence-corrected chi connectivity index (χ2v) is 3.47. The summed E-state index contributed by atoms with van der Waals surface area (Å²) in [6, 6.07) is 0. The molecule has 0 fully saturated rings. The van der Waals surface area contributed by atoms with E-state index < -0.39 is 11.4 Å². The summed E-state index contributed by atoms with van der Waals surface area (Å²) in [5.74, 6) is -0.700. The van der Waals surface area contributed by atoms with Crippen LogP contribution in [0.5, 0.6) is 0 Å². The summed E-state index contributed by atoms with van der Waals surface area (Å²) in [5.41, 5.74) is 0.0133. The van der Waals surface area contributed by atoms with Gasteiger partial charge in [-0.05, 0) is 6.92 Å². The van der Waals surface area contributed by atoms with Crippen molar-refractivity contribution in [2.24, 2.45) is 0 Å². The summed E-state index contributed by atoms with van der Waals surface area (Å²) < 4.78 is 4.34. The first-order chi connectivity index (χ1) is 5.68. The van der Waals surface area contributed by atoms with Gasteiger partial charge in [0, 0.05) is 10.3 Å². The van der Waals surface area contributed by atoms with Crippen LogP contribution in [0.4, 0.5) is 0 Å². The van der Waals surface area contributed by atoms with E-state index in [1.165, 1.54) is 11.3 Å². The lowest BCUT2D eigenvalue weighted by Gasteiger charge is -1.86. The second-order valence-electron chi connectivity index (χ2n) is 2.38. The molecule has 5 heteroatoms. The van der Waals surface area contributed by atoms with Gasteiger partial charge in [-0.2, -0.15) is 0 Å². The highest BCUT2D eigenvalue weighted by atomic mass is 32.1. The van der Waals surface area contributed by atoms with E-state index in [1.807, 2.05) is 6.92 Å². The molecule has 0 aliphatic carbocycles. The van der Waals surface area contributed by atoms with Gasteiger partial charge < -0.3 is 4.42 Å². The molecule has 0 aliphatic rings. The maximum atomic E-state index is 11.0. The Morgan fingerprint density at radius 2 is 2.25 bits per heavy atom. The number of aromatic amines is 1. The molecule has 2 aromatic heterocycles. The summed E-state index contributed by atoms with van der Waals surface area (Å²) in [7, 11) is 0. The van der Waals surface area contributed by atoms with Crippen molar-refractivity contribution in [3.8, 4) is 0 Å². The van der Waals surface area contributed by atoms with Gasteiger partial charge in [-0.15, -0.1) is 11.3 Å². The lowest BCUT2D eigenvalue weighted by molar-refractivity contribution is 0.460. The van der Waals surface area contributed by atoms with Gasteiger partial charge in [-0.1, -0.05) is 0 Å². The fourth-order valence-corrected chi connectivity index (χ4v) is 1.81. The maximum Gasteiger partial charge on any atom is 0.419 e. The van der Waals surface area contributed by atoms with Gasteiger partial charge in [0.15, 0.2) is 0 Å². The zero-order chi connectivity index (χ0) is 8.72. The Morgan fingerprint density at radius 1 is 1.50 bits per heavy atom. The number of hydrogen-bond donors (Lipinski definition) is 1. The van der Waals surface area contributed by atoms with Gasteiger partial charge in [-0.3, -0.25) is 4.98 Å². The number of hydrogen-bond acceptors (Lipinski definition) is 4. The van der Waals surface area contributed by atoms with Gasteiger partial charge >= 0.3 is 11.4 Å². The summed E-state index contributed by atoms with van der Waals surface area (Å²) >= 11 is 1.41. The lowest BCUT2D eigenvalue weighted by Crippen LogP contribution is -2.13. The number of aromatic nitrogens is 1. The van der Waals surface area contributed by atoms with E-state index in [4.69, 9.17) is 0 Å². The molecular weight excluding hydrogens is 178 g/mol. The highest BCUT2D eigenvalue weighted by molar-refractivity contribution is 7.11. The van der Waals surface area contributed by atoms with Crippen LogP contribution in [-0.4, -0.2) is 4.98 Å². The lowest BCUT2D eigenvalue weighted by atomic mass is 10.3. The molecule has 0 unspecified atom stereocenters. The van der Waals surface area contributed by atoms with Crippen LogP contribution in [-0.2, 0) is 0 Å². The Morgan fingerprint density at radius 3 is 3.00 bits per heavy atom. The molecule has 0 aliphatic heterocycles. The minimum atomic E-state index is -0.700. The molecule has 0 aromatic carbocycles. The third kappa shape index (κ3) is 0.902. The molecule has 1 N–H and O–H groups in total. The summed E-state index contributed by atoms with van der Waals surface area (Å²) in [4.78, 5) is 25.1. The highest BCUT2D eigenvalue weighted by Crippen LogP contribution is 2.18. The molecule has 12 heavy (non-hydrogen) atoms. The summed E-state index contributed by atoms with van der Waals surface area (Å²) in [6.07, 6.45) is 0. The molecule has 0 radical (unpaired) electrons. The molecule has 62 valence electrons. The quantitative estimate of drug-likeness (QED) is 0.658. The van der Waals surface area contributed by atoms with Crippen molar-refractivity contribution in [3.63, 3.8) is 0 Å². The van der Waals surface area contributed by atoms with E-state index in [1.54, 1.807) is 5.38 Å². The van der Waals surface area contributed by atoms with Crippen LogP contribution in [0.15, 0.2) is 19.4 Å². The number of thiophene rings is 1. The van der Waals surface area contributed by atoms with E-state index >= 15 is 0 Å². The molecule has 0 saturated carbocycles. The Kier molecular flexibility index (Phi) is 1.41. The molecule has 4 nitrogen and oxygen atoms in total. The van der Waals surface area contributed by atoms with Gasteiger partial charge in [0.05, 0.1) is 10.9 Å². The normalized spacial score (nSPS) is 10.8. The van der Waals surface area contributed by atoms with Crippen LogP contribution >= 0.6 is 11.3 Å². The molecular formula is C7H5NO3S. The van der Waals surface area contributed by atoms with Gasteiger partial charge in [0.1, 0.15) is 0 Å². The SMILES string of the molecule is Cc1scc2c(=O)oc(=O)[nH]c12. The number of aryl methyl sites for hydroxylation is 1. The zero-order valence-corrected chi connectivity index (χ0v) is 7.03. The second kappa shape index (κ2) is 2.31. The fraction of sp³-hybridized carbons (Fsp3) is 0.143. The summed E-state index contributed by atoms with van der Waals surface area (Å²) in [6.45, 7) is 1.84. The Balaban J connectivity index is 3.13. The van der Waals surface area contributed by atoms with Gasteiger partial charge in [-0.25, -0.2) is 9.59 Å². The molecule has 0 atom stereocenters. The Hall–Kier alpha value is -1.36. The van der Waals surface area contributed by atoms with Crippen molar-refractivity contribution in [2.75, 3.05) is 0 Å². The average molecular weight is 183 g/mol. The van der Waals surface area contributed by atoms with Crippen molar-refractivity contribution in [3.05, 3.63) is 31.2 Å². The van der Waals surface area contributed by atoms with E-state index in [2.05, 4.69) is 9.40 Å². The molecule has 0 saturated heterocycles. The maximum absolute atomic E-state index is 11.0. The molecule has 0 amide bonds. The molecule has 0 spiro atoms. The Labute approximate surface area is 70.5 Å². The first-order valence-electron chi connectivity index (χ1n) is 3.29. The van der Waals surface area contributed by atoms with Crippen molar-refractivity contribution in [2.45, 2.75) is 6.92 Å². The van der Waals surface area contributed by atoms with E-state index in [0.29, 0.717) is 10.9 Å². The fourth-order valence-electron chi connectivity index (χ4n) is 1.03. The van der Waals surface area contributed by atoms with Gasteiger partial charge in [0.25, 0.3) is 0 Å². The van der Waals surface area contributed by atoms with E-state index in [9.17, 15) is 9.59 Å². The number of rotatable bonds is 0. The Bertz CT molecular complexity index is 533. The first kappa shape index (κ1) is 7.30. The van der Waals surface area contributed by atoms with Crippen LogP contribution in [0.2, 0.25) is 0 Å². The molecule has 2 rings (SSSR count). The minimum absolute atomic E-state index is 0.442. The largest absolute Gasteiger partial charge is 0.419 e. The monoisotopic (exact) mass is 183 g/mol. The van der Waals surface area contributed by atoms with E-state index in [0.717, 1.165) is 4.88 Å². The van der Waals surface area contributed by atoms with Crippen molar-refractivity contribution >= 4 is 22.2 Å². The minimum Gasteiger partial charge on any atom is -0.372 e. The predicted molar refractivity (Wildman–Crippen MR) is 45.7 cm³/mol. The number of nitrogens with one attached hydrogen (secondary N) is 1. The van der Waals surface area contributed by atoms with Crippen LogP contribution in [0, 0.1) is 6.92 Å². The van der Waals surface area contributed by atoms with Crippen molar-refractivity contribution in [1.29, 1.82) is 0 Å². The third-order valence-corrected chi connectivity index (χ3v) is 2.52. The van der Waals surface area contributed by atoms with Crippen LogP contribution < -0.4 is 11.4 Å². The van der Waals surface area contributed by atoms with Crippen molar-refractivity contribution in [1.82, 2.24) is 4.98 Å². The smallest absolute Gasteiger partial charge is 0.372 e. The first-order valence-corrected chi connectivity index (χ1v) is 4.17.